The second-order valence-electron chi connectivity index (χ2n) is 5.78. The fraction of sp³-hybridized carbons (Fsp3) is 0.211. The van der Waals surface area contributed by atoms with Crippen molar-refractivity contribution in [3.05, 3.63) is 59.4 Å². The van der Waals surface area contributed by atoms with Gasteiger partial charge in [0, 0.05) is 16.6 Å². The maximum Gasteiger partial charge on any atom is 0.355 e. The summed E-state index contributed by atoms with van der Waals surface area (Å²) in [6.07, 6.45) is 0. The first kappa shape index (κ1) is 17.2. The molecule has 3 rings (SSSR count). The van der Waals surface area contributed by atoms with Crippen LogP contribution in [-0.4, -0.2) is 26.0 Å². The number of ether oxygens (including phenoxy) is 1. The van der Waals surface area contributed by atoms with E-state index in [0.29, 0.717) is 16.6 Å². The molecule has 2 aromatic carbocycles. The van der Waals surface area contributed by atoms with Crippen LogP contribution in [0.1, 0.15) is 28.7 Å². The first-order chi connectivity index (χ1) is 11.9. The van der Waals surface area contributed by atoms with Crippen molar-refractivity contribution in [3.63, 3.8) is 0 Å². The summed E-state index contributed by atoms with van der Waals surface area (Å²) >= 11 is 0. The predicted molar refractivity (Wildman–Crippen MR) is 95.6 cm³/mol. The molecule has 5 nitrogen and oxygen atoms in total. The fourth-order valence-corrected chi connectivity index (χ4v) is 5.00. The minimum atomic E-state index is -3.79. The average molecular weight is 357 g/mol. The Morgan fingerprint density at radius 1 is 1.08 bits per heavy atom. The number of hydrogen-bond donors (Lipinski definition) is 1. The highest BCUT2D eigenvalue weighted by atomic mass is 32.2. The molecular formula is C19H19NO4S. The Labute approximate surface area is 146 Å². The number of H-pyrrole nitrogens is 1. The molecule has 0 unspecified atom stereocenters. The van der Waals surface area contributed by atoms with E-state index in [9.17, 15) is 13.2 Å². The van der Waals surface area contributed by atoms with Gasteiger partial charge < -0.3 is 9.72 Å². The number of carbonyl (C=O) groups is 1. The van der Waals surface area contributed by atoms with E-state index in [-0.39, 0.29) is 22.1 Å². The van der Waals surface area contributed by atoms with E-state index < -0.39 is 15.8 Å². The number of benzene rings is 2. The molecule has 0 radical (unpaired) electrons. The Balaban J connectivity index is 2.23. The van der Waals surface area contributed by atoms with Crippen molar-refractivity contribution in [2.45, 2.75) is 30.6 Å². The van der Waals surface area contributed by atoms with Crippen molar-refractivity contribution in [1.82, 2.24) is 4.98 Å². The maximum absolute atomic E-state index is 13.3. The lowest BCUT2D eigenvalue weighted by atomic mass is 10.1. The molecule has 130 valence electrons. The highest BCUT2D eigenvalue weighted by Gasteiger charge is 2.29. The SMILES string of the molecule is CCOC(=O)c1[nH]c(C)c(S(=O)(=O)c2cccc3ccccc23)c1C. The van der Waals surface area contributed by atoms with Crippen LogP contribution in [0.5, 0.6) is 0 Å². The zero-order valence-electron chi connectivity index (χ0n) is 14.3. The van der Waals surface area contributed by atoms with Gasteiger partial charge in [-0.1, -0.05) is 36.4 Å². The first-order valence-corrected chi connectivity index (χ1v) is 9.45. The van der Waals surface area contributed by atoms with Gasteiger partial charge in [0.2, 0.25) is 9.84 Å². The normalized spacial score (nSPS) is 11.6. The molecular weight excluding hydrogens is 338 g/mol. The van der Waals surface area contributed by atoms with E-state index in [1.807, 2.05) is 24.3 Å². The van der Waals surface area contributed by atoms with Gasteiger partial charge in [0.1, 0.15) is 5.69 Å². The number of carbonyl (C=O) groups excluding carboxylic acids is 1. The van der Waals surface area contributed by atoms with E-state index in [2.05, 4.69) is 4.98 Å². The summed E-state index contributed by atoms with van der Waals surface area (Å²) in [6, 6.07) is 12.5. The fourth-order valence-electron chi connectivity index (χ4n) is 3.08. The van der Waals surface area contributed by atoms with Crippen LogP contribution in [0, 0.1) is 13.8 Å². The number of nitrogens with one attached hydrogen (secondary N) is 1. The molecule has 0 saturated carbocycles. The Morgan fingerprint density at radius 3 is 2.48 bits per heavy atom. The van der Waals surface area contributed by atoms with Crippen molar-refractivity contribution in [2.75, 3.05) is 6.61 Å². The molecule has 0 amide bonds. The molecule has 6 heteroatoms. The van der Waals surface area contributed by atoms with Gasteiger partial charge in [0.05, 0.1) is 16.4 Å². The molecule has 0 bridgehead atoms. The zero-order valence-corrected chi connectivity index (χ0v) is 15.1. The second kappa shape index (κ2) is 6.37. The number of hydrogen-bond acceptors (Lipinski definition) is 4. The van der Waals surface area contributed by atoms with Crippen molar-refractivity contribution in [1.29, 1.82) is 0 Å². The van der Waals surface area contributed by atoms with Gasteiger partial charge in [-0.05, 0) is 32.2 Å². The number of aromatic nitrogens is 1. The molecule has 0 aliphatic heterocycles. The van der Waals surface area contributed by atoms with E-state index in [1.165, 1.54) is 0 Å². The van der Waals surface area contributed by atoms with Crippen molar-refractivity contribution in [3.8, 4) is 0 Å². The van der Waals surface area contributed by atoms with Crippen LogP contribution in [-0.2, 0) is 14.6 Å². The second-order valence-corrected chi connectivity index (χ2v) is 7.64. The number of esters is 1. The molecule has 0 spiro atoms. The van der Waals surface area contributed by atoms with Gasteiger partial charge in [0.25, 0.3) is 0 Å². The molecule has 0 fully saturated rings. The maximum atomic E-state index is 13.3. The molecule has 25 heavy (non-hydrogen) atoms. The molecule has 0 atom stereocenters. The quantitative estimate of drug-likeness (QED) is 0.721. The molecule has 3 aromatic rings. The van der Waals surface area contributed by atoms with Gasteiger partial charge in [-0.3, -0.25) is 0 Å². The zero-order chi connectivity index (χ0) is 18.2. The van der Waals surface area contributed by atoms with Gasteiger partial charge in [0.15, 0.2) is 0 Å². The number of sulfone groups is 1. The minimum Gasteiger partial charge on any atom is -0.461 e. The molecule has 1 N–H and O–H groups in total. The summed E-state index contributed by atoms with van der Waals surface area (Å²) < 4.78 is 31.6. The Morgan fingerprint density at radius 2 is 1.76 bits per heavy atom. The summed E-state index contributed by atoms with van der Waals surface area (Å²) in [5.41, 5.74) is 0.982. The lowest BCUT2D eigenvalue weighted by Gasteiger charge is -2.09. The highest BCUT2D eigenvalue weighted by Crippen LogP contribution is 2.33. The van der Waals surface area contributed by atoms with E-state index in [1.54, 1.807) is 39.0 Å². The minimum absolute atomic E-state index is 0.131. The molecule has 0 saturated heterocycles. The summed E-state index contributed by atoms with van der Waals surface area (Å²) in [5, 5.41) is 1.50. The van der Waals surface area contributed by atoms with Crippen LogP contribution in [0.25, 0.3) is 10.8 Å². The summed E-state index contributed by atoms with van der Waals surface area (Å²) in [7, 11) is -3.79. The van der Waals surface area contributed by atoms with Gasteiger partial charge in [-0.2, -0.15) is 0 Å². The number of aryl methyl sites for hydroxylation is 1. The van der Waals surface area contributed by atoms with E-state index >= 15 is 0 Å². The van der Waals surface area contributed by atoms with Crippen LogP contribution < -0.4 is 0 Å². The molecule has 0 aliphatic carbocycles. The summed E-state index contributed by atoms with van der Waals surface area (Å²) in [5.74, 6) is -0.553. The smallest absolute Gasteiger partial charge is 0.355 e. The average Bonchev–Trinajstić information content (AvgIpc) is 2.89. The number of rotatable bonds is 4. The van der Waals surface area contributed by atoms with Gasteiger partial charge >= 0.3 is 5.97 Å². The topological polar surface area (TPSA) is 76.2 Å². The molecule has 1 heterocycles. The van der Waals surface area contributed by atoms with Gasteiger partial charge in [-0.15, -0.1) is 0 Å². The van der Waals surface area contributed by atoms with Gasteiger partial charge in [-0.25, -0.2) is 13.2 Å². The van der Waals surface area contributed by atoms with Crippen LogP contribution in [0.3, 0.4) is 0 Å². The number of aromatic amines is 1. The van der Waals surface area contributed by atoms with Crippen LogP contribution in [0.15, 0.2) is 52.3 Å². The lowest BCUT2D eigenvalue weighted by Crippen LogP contribution is -2.08. The van der Waals surface area contributed by atoms with Crippen LogP contribution in [0.4, 0.5) is 0 Å². The van der Waals surface area contributed by atoms with E-state index in [4.69, 9.17) is 4.74 Å². The monoisotopic (exact) mass is 357 g/mol. The Kier molecular flexibility index (Phi) is 4.39. The third-order valence-electron chi connectivity index (χ3n) is 4.16. The molecule has 0 aliphatic rings. The summed E-state index contributed by atoms with van der Waals surface area (Å²) in [6.45, 7) is 5.19. The predicted octanol–water partition coefficient (Wildman–Crippen LogP) is 3.79. The Bertz CT molecular complexity index is 1060. The highest BCUT2D eigenvalue weighted by molar-refractivity contribution is 7.91. The van der Waals surface area contributed by atoms with Crippen molar-refractivity contribution < 1.29 is 17.9 Å². The third kappa shape index (κ3) is 2.82. The van der Waals surface area contributed by atoms with Crippen molar-refractivity contribution >= 4 is 26.6 Å². The first-order valence-electron chi connectivity index (χ1n) is 7.97. The Hall–Kier alpha value is -2.60. The third-order valence-corrected chi connectivity index (χ3v) is 6.24. The van der Waals surface area contributed by atoms with Crippen LogP contribution >= 0.6 is 0 Å². The molecule has 1 aromatic heterocycles. The van der Waals surface area contributed by atoms with Crippen molar-refractivity contribution in [2.24, 2.45) is 0 Å². The lowest BCUT2D eigenvalue weighted by molar-refractivity contribution is 0.0519. The van der Waals surface area contributed by atoms with E-state index in [0.717, 1.165) is 5.39 Å². The van der Waals surface area contributed by atoms with Crippen LogP contribution in [0.2, 0.25) is 0 Å². The standard InChI is InChI=1S/C19H19NO4S/c1-4-24-19(21)17-12(2)18(13(3)20-17)25(22,23)16-11-7-9-14-8-5-6-10-15(14)16/h5-11,20H,4H2,1-3H3. The summed E-state index contributed by atoms with van der Waals surface area (Å²) in [4.78, 5) is 15.3. The number of fused-ring (bicyclic) bond motifs is 1. The largest absolute Gasteiger partial charge is 0.461 e.